The lowest BCUT2D eigenvalue weighted by Gasteiger charge is -2.17. The molecule has 0 aliphatic carbocycles. The van der Waals surface area contributed by atoms with Crippen molar-refractivity contribution in [3.63, 3.8) is 0 Å². The van der Waals surface area contributed by atoms with Crippen molar-refractivity contribution in [1.29, 1.82) is 0 Å². The Kier molecular flexibility index (Phi) is 5.66. The van der Waals surface area contributed by atoms with Crippen LogP contribution in [-0.4, -0.2) is 29.0 Å². The number of hydrogen-bond donors (Lipinski definition) is 1. The van der Waals surface area contributed by atoms with Crippen LogP contribution in [0, 0.1) is 0 Å². The lowest BCUT2D eigenvalue weighted by atomic mass is 10.2. The van der Waals surface area contributed by atoms with Crippen molar-refractivity contribution in [3.8, 4) is 5.75 Å². The molecule has 0 fully saturated rings. The van der Waals surface area contributed by atoms with Gasteiger partial charge < -0.3 is 15.0 Å². The molecule has 0 radical (unpaired) electrons. The number of nitrogens with zero attached hydrogens (tertiary/aromatic N) is 3. The molecule has 3 rings (SSSR count). The number of aromatic nitrogens is 2. The summed E-state index contributed by atoms with van der Waals surface area (Å²) in [5, 5.41) is 3.18. The Morgan fingerprint density at radius 3 is 2.41 bits per heavy atom. The van der Waals surface area contributed by atoms with Crippen LogP contribution < -0.4 is 15.0 Å². The molecule has 0 saturated heterocycles. The topological polar surface area (TPSA) is 67.3 Å². The molecule has 2 aromatic carbocycles. The van der Waals surface area contributed by atoms with Crippen molar-refractivity contribution >= 4 is 23.1 Å². The molecule has 0 aliphatic heterocycles. The molecule has 27 heavy (non-hydrogen) atoms. The molecule has 0 unspecified atom stereocenters. The number of benzene rings is 2. The zero-order valence-electron chi connectivity index (χ0n) is 15.6. The molecule has 1 aromatic heterocycles. The molecule has 1 amide bonds. The second kappa shape index (κ2) is 8.31. The highest BCUT2D eigenvalue weighted by Gasteiger charge is 2.15. The monoisotopic (exact) mass is 362 g/mol. The van der Waals surface area contributed by atoms with Gasteiger partial charge in [0.2, 0.25) is 0 Å². The summed E-state index contributed by atoms with van der Waals surface area (Å²) in [6.07, 6.45) is 1.51. The van der Waals surface area contributed by atoms with E-state index in [2.05, 4.69) is 15.3 Å². The number of carbonyl (C=O) groups excluding carboxylic acids is 1. The lowest BCUT2D eigenvalue weighted by molar-refractivity contribution is 0.0988. The number of ether oxygens (including phenoxy) is 1. The highest BCUT2D eigenvalue weighted by atomic mass is 16.5. The number of nitrogens with one attached hydrogen (secondary N) is 1. The van der Waals surface area contributed by atoms with Crippen LogP contribution in [0.15, 0.2) is 67.0 Å². The Balaban J connectivity index is 1.72. The number of para-hydroxylation sites is 1. The average Bonchev–Trinajstić information content (AvgIpc) is 2.69. The minimum absolute atomic E-state index is 0.126. The summed E-state index contributed by atoms with van der Waals surface area (Å²) < 4.78 is 5.63. The second-order valence-corrected chi connectivity index (χ2v) is 6.30. The molecule has 0 spiro atoms. The van der Waals surface area contributed by atoms with Gasteiger partial charge in [0.15, 0.2) is 0 Å². The SMILES string of the molecule is CC(C)Oc1ccc(Nc2cc(C(=O)N(C)c3ccccc3)ncn2)cc1. The van der Waals surface area contributed by atoms with E-state index in [4.69, 9.17) is 4.74 Å². The van der Waals surface area contributed by atoms with Gasteiger partial charge in [-0.1, -0.05) is 18.2 Å². The van der Waals surface area contributed by atoms with Gasteiger partial charge in [-0.25, -0.2) is 9.97 Å². The summed E-state index contributed by atoms with van der Waals surface area (Å²) in [5.74, 6) is 1.15. The van der Waals surface area contributed by atoms with Gasteiger partial charge in [0.1, 0.15) is 23.6 Å². The van der Waals surface area contributed by atoms with E-state index in [1.807, 2.05) is 68.4 Å². The van der Waals surface area contributed by atoms with Crippen LogP contribution in [-0.2, 0) is 0 Å². The van der Waals surface area contributed by atoms with Crippen LogP contribution in [0.25, 0.3) is 0 Å². The predicted molar refractivity (Wildman–Crippen MR) is 107 cm³/mol. The Morgan fingerprint density at radius 1 is 1.04 bits per heavy atom. The fraction of sp³-hybridized carbons (Fsp3) is 0.190. The van der Waals surface area contributed by atoms with Crippen molar-refractivity contribution in [1.82, 2.24) is 9.97 Å². The minimum atomic E-state index is -0.202. The predicted octanol–water partition coefficient (Wildman–Crippen LogP) is 4.28. The summed E-state index contributed by atoms with van der Waals surface area (Å²) >= 11 is 0. The third-order valence-electron chi connectivity index (χ3n) is 3.83. The summed E-state index contributed by atoms with van der Waals surface area (Å²) in [4.78, 5) is 22.6. The molecule has 0 bridgehead atoms. The van der Waals surface area contributed by atoms with Gasteiger partial charge in [-0.15, -0.1) is 0 Å². The van der Waals surface area contributed by atoms with Crippen molar-refractivity contribution < 1.29 is 9.53 Å². The summed E-state index contributed by atoms with van der Waals surface area (Å²) in [6.45, 7) is 3.97. The van der Waals surface area contributed by atoms with Gasteiger partial charge in [0, 0.05) is 24.5 Å². The third-order valence-corrected chi connectivity index (χ3v) is 3.83. The van der Waals surface area contributed by atoms with Crippen LogP contribution in [0.4, 0.5) is 17.2 Å². The second-order valence-electron chi connectivity index (χ2n) is 6.30. The molecule has 138 valence electrons. The number of hydrogen-bond acceptors (Lipinski definition) is 5. The number of anilines is 3. The molecule has 3 aromatic rings. The van der Waals surface area contributed by atoms with Gasteiger partial charge in [-0.3, -0.25) is 4.79 Å². The standard InChI is InChI=1S/C21H22N4O2/c1-15(2)27-18-11-9-16(10-12-18)24-20-13-19(22-14-23-20)21(26)25(3)17-7-5-4-6-8-17/h4-15H,1-3H3,(H,22,23,24). The summed E-state index contributed by atoms with van der Waals surface area (Å²) in [6, 6.07) is 18.6. The van der Waals surface area contributed by atoms with Gasteiger partial charge >= 0.3 is 0 Å². The Hall–Kier alpha value is -3.41. The van der Waals surface area contributed by atoms with Gasteiger partial charge in [0.25, 0.3) is 5.91 Å². The van der Waals surface area contributed by atoms with E-state index in [-0.39, 0.29) is 12.0 Å². The van der Waals surface area contributed by atoms with Gasteiger partial charge in [-0.05, 0) is 50.2 Å². The zero-order valence-corrected chi connectivity index (χ0v) is 15.6. The molecule has 1 heterocycles. The van der Waals surface area contributed by atoms with Crippen LogP contribution >= 0.6 is 0 Å². The maximum Gasteiger partial charge on any atom is 0.276 e. The molecule has 6 heteroatoms. The van der Waals surface area contributed by atoms with Gasteiger partial charge in [0.05, 0.1) is 6.10 Å². The van der Waals surface area contributed by atoms with Crippen LogP contribution in [0.5, 0.6) is 5.75 Å². The first-order valence-electron chi connectivity index (χ1n) is 8.72. The Bertz CT molecular complexity index is 896. The van der Waals surface area contributed by atoms with E-state index < -0.39 is 0 Å². The minimum Gasteiger partial charge on any atom is -0.491 e. The zero-order chi connectivity index (χ0) is 19.2. The molecular weight excluding hydrogens is 340 g/mol. The van der Waals surface area contributed by atoms with Crippen molar-refractivity contribution in [2.45, 2.75) is 20.0 Å². The van der Waals surface area contributed by atoms with Crippen molar-refractivity contribution in [3.05, 3.63) is 72.7 Å². The normalized spacial score (nSPS) is 10.5. The highest BCUT2D eigenvalue weighted by molar-refractivity contribution is 6.04. The molecular formula is C21H22N4O2. The molecule has 0 saturated carbocycles. The van der Waals surface area contributed by atoms with E-state index in [1.54, 1.807) is 18.0 Å². The fourth-order valence-electron chi connectivity index (χ4n) is 2.52. The first kappa shape index (κ1) is 18.4. The number of amides is 1. The molecule has 0 aliphatic rings. The van der Waals surface area contributed by atoms with Crippen LogP contribution in [0.1, 0.15) is 24.3 Å². The molecule has 0 atom stereocenters. The van der Waals surface area contributed by atoms with Crippen molar-refractivity contribution in [2.24, 2.45) is 0 Å². The van der Waals surface area contributed by atoms with Crippen LogP contribution in [0.2, 0.25) is 0 Å². The third kappa shape index (κ3) is 4.82. The number of carbonyl (C=O) groups is 1. The first-order chi connectivity index (χ1) is 13.0. The highest BCUT2D eigenvalue weighted by Crippen LogP contribution is 2.20. The smallest absolute Gasteiger partial charge is 0.276 e. The van der Waals surface area contributed by atoms with E-state index in [0.717, 1.165) is 17.1 Å². The Labute approximate surface area is 158 Å². The quantitative estimate of drug-likeness (QED) is 0.709. The molecule has 1 N–H and O–H groups in total. The van der Waals surface area contributed by atoms with E-state index >= 15 is 0 Å². The van der Waals surface area contributed by atoms with E-state index in [9.17, 15) is 4.79 Å². The average molecular weight is 362 g/mol. The van der Waals surface area contributed by atoms with E-state index in [0.29, 0.717) is 11.5 Å². The first-order valence-corrected chi connectivity index (χ1v) is 8.72. The maximum absolute atomic E-state index is 12.7. The summed E-state index contributed by atoms with van der Waals surface area (Å²) in [5.41, 5.74) is 1.97. The van der Waals surface area contributed by atoms with Gasteiger partial charge in [-0.2, -0.15) is 0 Å². The molecule has 6 nitrogen and oxygen atoms in total. The van der Waals surface area contributed by atoms with E-state index in [1.165, 1.54) is 6.33 Å². The maximum atomic E-state index is 12.7. The lowest BCUT2D eigenvalue weighted by Crippen LogP contribution is -2.27. The summed E-state index contributed by atoms with van der Waals surface area (Å²) in [7, 11) is 1.72. The largest absolute Gasteiger partial charge is 0.491 e. The van der Waals surface area contributed by atoms with Crippen molar-refractivity contribution in [2.75, 3.05) is 17.3 Å². The van der Waals surface area contributed by atoms with Crippen LogP contribution in [0.3, 0.4) is 0 Å². The fourth-order valence-corrected chi connectivity index (χ4v) is 2.52. The Morgan fingerprint density at radius 2 is 1.74 bits per heavy atom. The number of rotatable bonds is 6.